The Hall–Kier alpha value is -1.95. The highest BCUT2D eigenvalue weighted by atomic mass is 16.4. The van der Waals surface area contributed by atoms with Gasteiger partial charge in [-0.25, -0.2) is 4.79 Å². The minimum absolute atomic E-state index is 0.0569. The van der Waals surface area contributed by atoms with Gasteiger partial charge in [0.25, 0.3) is 5.91 Å². The Morgan fingerprint density at radius 1 is 1.47 bits per heavy atom. The van der Waals surface area contributed by atoms with Crippen molar-refractivity contribution in [1.29, 1.82) is 0 Å². The van der Waals surface area contributed by atoms with Gasteiger partial charge < -0.3 is 15.5 Å². The predicted molar refractivity (Wildman–Crippen MR) is 69.1 cm³/mol. The van der Waals surface area contributed by atoms with Crippen LogP contribution in [0.3, 0.4) is 0 Å². The van der Waals surface area contributed by atoms with Gasteiger partial charge in [0.15, 0.2) is 0 Å². The first kappa shape index (κ1) is 15.1. The van der Waals surface area contributed by atoms with Crippen molar-refractivity contribution in [3.8, 4) is 0 Å². The molecule has 1 aromatic rings. The standard InChI is InChI=1S/C13H18N2O4/c1-3-13(2,6-8-16)15-11(17)10-9(12(18)19)5-4-7-14-10/h4-5,7,16H,3,6,8H2,1-2H3,(H,15,17)(H,18,19). The number of aromatic carboxylic acids is 1. The summed E-state index contributed by atoms with van der Waals surface area (Å²) in [5, 5.41) is 20.7. The van der Waals surface area contributed by atoms with E-state index in [1.807, 2.05) is 6.92 Å². The Bertz CT molecular complexity index is 475. The number of carboxylic acid groups (broad SMARTS) is 1. The second-order valence-corrected chi connectivity index (χ2v) is 4.55. The molecule has 0 radical (unpaired) electrons. The van der Waals surface area contributed by atoms with Gasteiger partial charge in [0.2, 0.25) is 0 Å². The number of hydrogen-bond donors (Lipinski definition) is 3. The predicted octanol–water partition coefficient (Wildman–Crippen LogP) is 1.06. The number of amides is 1. The molecule has 0 saturated heterocycles. The number of carbonyl (C=O) groups is 2. The molecule has 6 heteroatoms. The van der Waals surface area contributed by atoms with E-state index in [1.54, 1.807) is 6.92 Å². The molecule has 104 valence electrons. The largest absolute Gasteiger partial charge is 0.478 e. The highest BCUT2D eigenvalue weighted by molar-refractivity contribution is 6.03. The molecule has 1 rings (SSSR count). The van der Waals surface area contributed by atoms with Gasteiger partial charge in [-0.3, -0.25) is 9.78 Å². The zero-order chi connectivity index (χ0) is 14.5. The van der Waals surface area contributed by atoms with Crippen molar-refractivity contribution in [2.45, 2.75) is 32.2 Å². The Labute approximate surface area is 111 Å². The molecule has 19 heavy (non-hydrogen) atoms. The van der Waals surface area contributed by atoms with Crippen LogP contribution in [0.4, 0.5) is 0 Å². The quantitative estimate of drug-likeness (QED) is 0.715. The maximum atomic E-state index is 12.1. The second kappa shape index (κ2) is 6.29. The minimum atomic E-state index is -1.20. The van der Waals surface area contributed by atoms with Crippen LogP contribution >= 0.6 is 0 Å². The summed E-state index contributed by atoms with van der Waals surface area (Å²) in [6, 6.07) is 2.80. The van der Waals surface area contributed by atoms with E-state index in [9.17, 15) is 9.59 Å². The molecule has 0 bridgehead atoms. The van der Waals surface area contributed by atoms with Crippen molar-refractivity contribution in [2.75, 3.05) is 6.61 Å². The summed E-state index contributed by atoms with van der Waals surface area (Å²) in [6.07, 6.45) is 2.38. The molecule has 6 nitrogen and oxygen atoms in total. The third-order valence-electron chi connectivity index (χ3n) is 3.11. The van der Waals surface area contributed by atoms with Crippen molar-refractivity contribution in [2.24, 2.45) is 0 Å². The molecule has 1 unspecified atom stereocenters. The fraction of sp³-hybridized carbons (Fsp3) is 0.462. The molecular formula is C13H18N2O4. The van der Waals surface area contributed by atoms with Crippen LogP contribution in [0, 0.1) is 0 Å². The molecule has 0 saturated carbocycles. The summed E-state index contributed by atoms with van der Waals surface area (Å²) < 4.78 is 0. The summed E-state index contributed by atoms with van der Waals surface area (Å²) in [5.74, 6) is -1.74. The van der Waals surface area contributed by atoms with Crippen LogP contribution in [0.5, 0.6) is 0 Å². The van der Waals surface area contributed by atoms with Gasteiger partial charge >= 0.3 is 5.97 Å². The van der Waals surface area contributed by atoms with Crippen LogP contribution in [0.2, 0.25) is 0 Å². The summed E-state index contributed by atoms with van der Waals surface area (Å²) in [5.41, 5.74) is -0.839. The van der Waals surface area contributed by atoms with Crippen molar-refractivity contribution in [1.82, 2.24) is 10.3 Å². The highest BCUT2D eigenvalue weighted by Gasteiger charge is 2.27. The first-order chi connectivity index (χ1) is 8.93. The zero-order valence-electron chi connectivity index (χ0n) is 11.0. The Kier molecular flexibility index (Phi) is 5.00. The topological polar surface area (TPSA) is 99.5 Å². The Balaban J connectivity index is 2.98. The average molecular weight is 266 g/mol. The van der Waals surface area contributed by atoms with E-state index in [1.165, 1.54) is 18.3 Å². The maximum Gasteiger partial charge on any atom is 0.338 e. The van der Waals surface area contributed by atoms with Crippen molar-refractivity contribution < 1.29 is 19.8 Å². The number of aliphatic hydroxyl groups is 1. The number of hydrogen-bond acceptors (Lipinski definition) is 4. The molecule has 0 aliphatic heterocycles. The molecule has 0 spiro atoms. The lowest BCUT2D eigenvalue weighted by atomic mass is 9.94. The summed E-state index contributed by atoms with van der Waals surface area (Å²) in [7, 11) is 0. The van der Waals surface area contributed by atoms with Crippen LogP contribution in [0.25, 0.3) is 0 Å². The van der Waals surface area contributed by atoms with E-state index in [-0.39, 0.29) is 17.9 Å². The van der Waals surface area contributed by atoms with Crippen LogP contribution in [0.15, 0.2) is 18.3 Å². The van der Waals surface area contributed by atoms with Gasteiger partial charge in [0, 0.05) is 18.3 Å². The van der Waals surface area contributed by atoms with E-state index in [2.05, 4.69) is 10.3 Å². The second-order valence-electron chi connectivity index (χ2n) is 4.55. The molecule has 1 amide bonds. The van der Waals surface area contributed by atoms with E-state index in [0.717, 1.165) is 0 Å². The number of carboxylic acids is 1. The van der Waals surface area contributed by atoms with Gasteiger partial charge in [-0.1, -0.05) is 6.92 Å². The Morgan fingerprint density at radius 3 is 2.68 bits per heavy atom. The van der Waals surface area contributed by atoms with Gasteiger partial charge in [-0.2, -0.15) is 0 Å². The van der Waals surface area contributed by atoms with E-state index in [4.69, 9.17) is 10.2 Å². The lowest BCUT2D eigenvalue weighted by molar-refractivity contribution is 0.0687. The number of pyridine rings is 1. The number of aliphatic hydroxyl groups excluding tert-OH is 1. The fourth-order valence-electron chi connectivity index (χ4n) is 1.67. The molecule has 0 aliphatic rings. The van der Waals surface area contributed by atoms with Gasteiger partial charge in [-0.05, 0) is 31.9 Å². The van der Waals surface area contributed by atoms with Gasteiger partial charge in [0.05, 0.1) is 5.56 Å². The molecular weight excluding hydrogens is 248 g/mol. The zero-order valence-corrected chi connectivity index (χ0v) is 11.0. The molecule has 1 aromatic heterocycles. The number of rotatable bonds is 6. The summed E-state index contributed by atoms with van der Waals surface area (Å²) in [6.45, 7) is 3.62. The number of nitrogens with zero attached hydrogens (tertiary/aromatic N) is 1. The lowest BCUT2D eigenvalue weighted by Crippen LogP contribution is -2.46. The summed E-state index contributed by atoms with van der Waals surface area (Å²) in [4.78, 5) is 27.0. The smallest absolute Gasteiger partial charge is 0.338 e. The third kappa shape index (κ3) is 3.75. The van der Waals surface area contributed by atoms with Crippen molar-refractivity contribution in [3.05, 3.63) is 29.6 Å². The van der Waals surface area contributed by atoms with E-state index >= 15 is 0 Å². The van der Waals surface area contributed by atoms with E-state index in [0.29, 0.717) is 12.8 Å². The molecule has 0 fully saturated rings. The van der Waals surface area contributed by atoms with Gasteiger partial charge in [-0.15, -0.1) is 0 Å². The average Bonchev–Trinajstić information content (AvgIpc) is 2.38. The maximum absolute atomic E-state index is 12.1. The normalized spacial score (nSPS) is 13.6. The Morgan fingerprint density at radius 2 is 2.16 bits per heavy atom. The van der Waals surface area contributed by atoms with E-state index < -0.39 is 17.4 Å². The fourth-order valence-corrected chi connectivity index (χ4v) is 1.67. The number of nitrogens with one attached hydrogen (secondary N) is 1. The molecule has 1 heterocycles. The van der Waals surface area contributed by atoms with Crippen LogP contribution in [-0.2, 0) is 0 Å². The van der Waals surface area contributed by atoms with Crippen LogP contribution in [0.1, 0.15) is 47.5 Å². The molecule has 0 aliphatic carbocycles. The third-order valence-corrected chi connectivity index (χ3v) is 3.11. The first-order valence-electron chi connectivity index (χ1n) is 6.05. The molecule has 3 N–H and O–H groups in total. The highest BCUT2D eigenvalue weighted by Crippen LogP contribution is 2.15. The van der Waals surface area contributed by atoms with Crippen LogP contribution in [-0.4, -0.2) is 39.2 Å². The first-order valence-corrected chi connectivity index (χ1v) is 6.05. The number of carbonyl (C=O) groups excluding carboxylic acids is 1. The molecule has 1 atom stereocenters. The van der Waals surface area contributed by atoms with Gasteiger partial charge in [0.1, 0.15) is 5.69 Å². The SMILES string of the molecule is CCC(C)(CCO)NC(=O)c1ncccc1C(=O)O. The molecule has 0 aromatic carbocycles. The summed E-state index contributed by atoms with van der Waals surface area (Å²) >= 11 is 0. The monoisotopic (exact) mass is 266 g/mol. The van der Waals surface area contributed by atoms with Crippen LogP contribution < -0.4 is 5.32 Å². The van der Waals surface area contributed by atoms with Crippen molar-refractivity contribution >= 4 is 11.9 Å². The minimum Gasteiger partial charge on any atom is -0.478 e. The number of aromatic nitrogens is 1. The lowest BCUT2D eigenvalue weighted by Gasteiger charge is -2.28. The van der Waals surface area contributed by atoms with Crippen molar-refractivity contribution in [3.63, 3.8) is 0 Å².